The smallest absolute Gasteiger partial charge is 0.126 e. The minimum Gasteiger partial charge on any atom is -0.375 e. The Morgan fingerprint density at radius 1 is 1.25 bits per heavy atom. The van der Waals surface area contributed by atoms with Gasteiger partial charge >= 0.3 is 0 Å². The predicted molar refractivity (Wildman–Crippen MR) is 44.6 cm³/mol. The van der Waals surface area contributed by atoms with E-state index >= 15 is 0 Å². The molecule has 3 unspecified atom stereocenters. The SMILES string of the molecule is N[C@@H]1CCOC2C(F)CCCC21. The van der Waals surface area contributed by atoms with E-state index in [1.165, 1.54) is 0 Å². The molecule has 0 radical (unpaired) electrons. The molecule has 0 bridgehead atoms. The molecule has 2 N–H and O–H groups in total. The summed E-state index contributed by atoms with van der Waals surface area (Å²) < 4.78 is 18.7. The van der Waals surface area contributed by atoms with E-state index in [1.807, 2.05) is 0 Å². The van der Waals surface area contributed by atoms with Crippen molar-refractivity contribution >= 4 is 0 Å². The summed E-state index contributed by atoms with van der Waals surface area (Å²) in [6, 6.07) is 0.169. The number of rotatable bonds is 0. The van der Waals surface area contributed by atoms with Gasteiger partial charge in [0.25, 0.3) is 0 Å². The number of fused-ring (bicyclic) bond motifs is 1. The summed E-state index contributed by atoms with van der Waals surface area (Å²) in [5, 5.41) is 0. The van der Waals surface area contributed by atoms with Gasteiger partial charge < -0.3 is 10.5 Å². The Bertz CT molecular complexity index is 147. The molecule has 70 valence electrons. The van der Waals surface area contributed by atoms with E-state index in [0.29, 0.717) is 13.0 Å². The summed E-state index contributed by atoms with van der Waals surface area (Å²) in [7, 11) is 0. The Labute approximate surface area is 72.3 Å². The van der Waals surface area contributed by atoms with Crippen LogP contribution in [0.1, 0.15) is 25.7 Å². The summed E-state index contributed by atoms with van der Waals surface area (Å²) in [4.78, 5) is 0. The summed E-state index contributed by atoms with van der Waals surface area (Å²) in [6.45, 7) is 0.642. The highest BCUT2D eigenvalue weighted by molar-refractivity contribution is 4.91. The van der Waals surface area contributed by atoms with Crippen molar-refractivity contribution in [2.45, 2.75) is 44.0 Å². The second-order valence-electron chi connectivity index (χ2n) is 3.90. The number of hydrogen-bond acceptors (Lipinski definition) is 2. The van der Waals surface area contributed by atoms with Crippen molar-refractivity contribution in [3.63, 3.8) is 0 Å². The molecule has 0 aromatic rings. The van der Waals surface area contributed by atoms with Crippen molar-refractivity contribution in [1.82, 2.24) is 0 Å². The van der Waals surface area contributed by atoms with Crippen LogP contribution in [0.2, 0.25) is 0 Å². The maximum absolute atomic E-state index is 13.3. The van der Waals surface area contributed by atoms with E-state index in [1.54, 1.807) is 0 Å². The van der Waals surface area contributed by atoms with Gasteiger partial charge in [0.1, 0.15) is 6.17 Å². The van der Waals surface area contributed by atoms with Crippen LogP contribution in [0.5, 0.6) is 0 Å². The van der Waals surface area contributed by atoms with Crippen LogP contribution in [-0.4, -0.2) is 24.9 Å². The molecule has 0 aromatic carbocycles. The number of ether oxygens (including phenoxy) is 1. The molecular weight excluding hydrogens is 157 g/mol. The largest absolute Gasteiger partial charge is 0.375 e. The quantitative estimate of drug-likeness (QED) is 0.598. The highest BCUT2D eigenvalue weighted by Gasteiger charge is 2.39. The van der Waals surface area contributed by atoms with E-state index in [9.17, 15) is 4.39 Å². The first kappa shape index (κ1) is 8.45. The number of halogens is 1. The average molecular weight is 173 g/mol. The fourth-order valence-electron chi connectivity index (χ4n) is 2.39. The molecule has 12 heavy (non-hydrogen) atoms. The molecule has 3 heteroatoms. The molecule has 1 heterocycles. The van der Waals surface area contributed by atoms with Crippen LogP contribution < -0.4 is 5.73 Å². The molecule has 1 saturated heterocycles. The van der Waals surface area contributed by atoms with E-state index in [0.717, 1.165) is 19.3 Å². The zero-order chi connectivity index (χ0) is 8.55. The van der Waals surface area contributed by atoms with E-state index < -0.39 is 6.17 Å². The van der Waals surface area contributed by atoms with Gasteiger partial charge in [-0.2, -0.15) is 0 Å². The Balaban J connectivity index is 2.05. The molecule has 0 spiro atoms. The lowest BCUT2D eigenvalue weighted by Gasteiger charge is -2.41. The first-order valence-corrected chi connectivity index (χ1v) is 4.80. The van der Waals surface area contributed by atoms with E-state index in [-0.39, 0.29) is 18.1 Å². The van der Waals surface area contributed by atoms with Crippen LogP contribution in [0.25, 0.3) is 0 Å². The van der Waals surface area contributed by atoms with Crippen molar-refractivity contribution in [2.75, 3.05) is 6.61 Å². The predicted octanol–water partition coefficient (Wildman–Crippen LogP) is 1.24. The van der Waals surface area contributed by atoms with Crippen LogP contribution in [0.15, 0.2) is 0 Å². The van der Waals surface area contributed by atoms with E-state index in [2.05, 4.69) is 0 Å². The molecule has 2 aliphatic rings. The van der Waals surface area contributed by atoms with Gasteiger partial charge in [0.2, 0.25) is 0 Å². The average Bonchev–Trinajstić information content (AvgIpc) is 2.07. The third-order valence-electron chi connectivity index (χ3n) is 3.11. The van der Waals surface area contributed by atoms with Gasteiger partial charge in [-0.1, -0.05) is 6.42 Å². The third-order valence-corrected chi connectivity index (χ3v) is 3.11. The lowest BCUT2D eigenvalue weighted by molar-refractivity contribution is -0.0962. The Morgan fingerprint density at radius 2 is 2.08 bits per heavy atom. The van der Waals surface area contributed by atoms with Crippen LogP contribution in [-0.2, 0) is 4.74 Å². The zero-order valence-corrected chi connectivity index (χ0v) is 7.21. The van der Waals surface area contributed by atoms with Gasteiger partial charge in [0, 0.05) is 18.6 Å². The first-order valence-electron chi connectivity index (χ1n) is 4.80. The van der Waals surface area contributed by atoms with Crippen molar-refractivity contribution in [1.29, 1.82) is 0 Å². The normalized spacial score (nSPS) is 48.5. The lowest BCUT2D eigenvalue weighted by Crippen LogP contribution is -2.50. The molecule has 2 fully saturated rings. The van der Waals surface area contributed by atoms with E-state index in [4.69, 9.17) is 10.5 Å². The van der Waals surface area contributed by atoms with Crippen LogP contribution in [0.3, 0.4) is 0 Å². The maximum Gasteiger partial charge on any atom is 0.126 e. The maximum atomic E-state index is 13.3. The summed E-state index contributed by atoms with van der Waals surface area (Å²) in [6.07, 6.45) is 2.62. The van der Waals surface area contributed by atoms with Crippen LogP contribution in [0, 0.1) is 5.92 Å². The molecule has 4 atom stereocenters. The topological polar surface area (TPSA) is 35.2 Å². The van der Waals surface area contributed by atoms with Gasteiger partial charge in [0.05, 0.1) is 6.10 Å². The van der Waals surface area contributed by atoms with Gasteiger partial charge in [-0.15, -0.1) is 0 Å². The second-order valence-corrected chi connectivity index (χ2v) is 3.90. The number of alkyl halides is 1. The standard InChI is InChI=1S/C9H16FNO/c10-7-3-1-2-6-8(11)4-5-12-9(6)7/h6-9H,1-5,11H2/t6?,7?,8-,9?/m1/s1. The van der Waals surface area contributed by atoms with Gasteiger partial charge in [-0.05, 0) is 19.3 Å². The van der Waals surface area contributed by atoms with Crippen molar-refractivity contribution in [3.8, 4) is 0 Å². The highest BCUT2D eigenvalue weighted by Crippen LogP contribution is 2.34. The van der Waals surface area contributed by atoms with Gasteiger partial charge in [-0.25, -0.2) is 4.39 Å². The van der Waals surface area contributed by atoms with Gasteiger partial charge in [0.15, 0.2) is 0 Å². The van der Waals surface area contributed by atoms with Crippen LogP contribution >= 0.6 is 0 Å². The fraction of sp³-hybridized carbons (Fsp3) is 1.00. The summed E-state index contributed by atoms with van der Waals surface area (Å²) in [5.41, 5.74) is 5.90. The second kappa shape index (κ2) is 3.30. The van der Waals surface area contributed by atoms with Gasteiger partial charge in [-0.3, -0.25) is 0 Å². The minimum atomic E-state index is -0.768. The first-order chi connectivity index (χ1) is 5.79. The monoisotopic (exact) mass is 173 g/mol. The van der Waals surface area contributed by atoms with Crippen LogP contribution in [0.4, 0.5) is 4.39 Å². The van der Waals surface area contributed by atoms with Crippen molar-refractivity contribution in [3.05, 3.63) is 0 Å². The number of nitrogens with two attached hydrogens (primary N) is 1. The molecule has 2 nitrogen and oxygen atoms in total. The summed E-state index contributed by atoms with van der Waals surface area (Å²) >= 11 is 0. The Morgan fingerprint density at radius 3 is 2.83 bits per heavy atom. The molecule has 0 amide bonds. The molecule has 0 aromatic heterocycles. The molecule has 1 saturated carbocycles. The highest BCUT2D eigenvalue weighted by atomic mass is 19.1. The van der Waals surface area contributed by atoms with Crippen molar-refractivity contribution in [2.24, 2.45) is 11.7 Å². The fourth-order valence-corrected chi connectivity index (χ4v) is 2.39. The minimum absolute atomic E-state index is 0.169. The van der Waals surface area contributed by atoms with Crippen molar-refractivity contribution < 1.29 is 9.13 Å². The number of hydrogen-bond donors (Lipinski definition) is 1. The summed E-state index contributed by atoms with van der Waals surface area (Å²) in [5.74, 6) is 0.280. The zero-order valence-electron chi connectivity index (χ0n) is 7.21. The molecule has 2 rings (SSSR count). The lowest BCUT2D eigenvalue weighted by atomic mass is 9.78. The Hall–Kier alpha value is -0.150. The third kappa shape index (κ3) is 1.36. The molecular formula is C9H16FNO. The molecule has 1 aliphatic carbocycles. The molecule has 1 aliphatic heterocycles. The Kier molecular flexibility index (Phi) is 2.33.